The average molecular weight is 293 g/mol. The Morgan fingerprint density at radius 2 is 1.64 bits per heavy atom. The van der Waals surface area contributed by atoms with Crippen molar-refractivity contribution in [2.75, 3.05) is 0 Å². The van der Waals surface area contributed by atoms with Crippen molar-refractivity contribution < 1.29 is 4.79 Å². The molecule has 0 aliphatic carbocycles. The minimum atomic E-state index is -0.0461. The van der Waals surface area contributed by atoms with Gasteiger partial charge in [-0.05, 0) is 28.7 Å². The number of carbonyl (C=O) groups excluding carboxylic acids is 1. The van der Waals surface area contributed by atoms with Crippen LogP contribution in [0.4, 0.5) is 0 Å². The van der Waals surface area contributed by atoms with E-state index in [2.05, 4.69) is 38.2 Å². The van der Waals surface area contributed by atoms with Gasteiger partial charge in [-0.25, -0.2) is 0 Å². The van der Waals surface area contributed by atoms with Crippen molar-refractivity contribution in [3.8, 4) is 0 Å². The van der Waals surface area contributed by atoms with Crippen LogP contribution in [-0.4, -0.2) is 5.91 Å². The van der Waals surface area contributed by atoms with Crippen LogP contribution in [0.5, 0.6) is 0 Å². The van der Waals surface area contributed by atoms with Gasteiger partial charge < -0.3 is 5.32 Å². The molecule has 0 saturated carbocycles. The molecule has 0 bridgehead atoms. The molecule has 0 unspecified atom stereocenters. The Morgan fingerprint density at radius 3 is 2.23 bits per heavy atom. The molecule has 1 N–H and O–H groups in total. The van der Waals surface area contributed by atoms with E-state index in [9.17, 15) is 4.79 Å². The molecule has 0 aliphatic rings. The third-order valence-electron chi connectivity index (χ3n) is 3.24. The maximum absolute atomic E-state index is 12.1. The molecule has 0 atom stereocenters. The largest absolute Gasteiger partial charge is 0.348 e. The van der Waals surface area contributed by atoms with Gasteiger partial charge >= 0.3 is 0 Å². The zero-order valence-corrected chi connectivity index (χ0v) is 13.5. The fourth-order valence-electron chi connectivity index (χ4n) is 1.97. The minimum Gasteiger partial charge on any atom is -0.348 e. The molecule has 114 valence electrons. The minimum absolute atomic E-state index is 0.0461. The SMILES string of the molecule is CC(C)(C)/C=C/c1ccc(C(=O)NCc2ccccc2)cc1. The smallest absolute Gasteiger partial charge is 0.251 e. The Balaban J connectivity index is 1.95. The van der Waals surface area contributed by atoms with E-state index in [1.807, 2.05) is 54.6 Å². The van der Waals surface area contributed by atoms with Crippen LogP contribution in [-0.2, 0) is 6.54 Å². The van der Waals surface area contributed by atoms with E-state index in [0.29, 0.717) is 12.1 Å². The van der Waals surface area contributed by atoms with Gasteiger partial charge in [-0.15, -0.1) is 0 Å². The first-order chi connectivity index (χ1) is 10.4. The van der Waals surface area contributed by atoms with Crippen LogP contribution in [0.1, 0.15) is 42.3 Å². The van der Waals surface area contributed by atoms with E-state index in [4.69, 9.17) is 0 Å². The molecule has 0 aromatic heterocycles. The topological polar surface area (TPSA) is 29.1 Å². The molecule has 2 aromatic carbocycles. The lowest BCUT2D eigenvalue weighted by Gasteiger charge is -2.11. The number of amides is 1. The van der Waals surface area contributed by atoms with E-state index in [1.54, 1.807) is 0 Å². The third kappa shape index (κ3) is 5.21. The highest BCUT2D eigenvalue weighted by Crippen LogP contribution is 2.17. The molecule has 1 amide bonds. The number of allylic oxidation sites excluding steroid dienone is 1. The first kappa shape index (κ1) is 16.0. The molecule has 0 radical (unpaired) electrons. The molecule has 22 heavy (non-hydrogen) atoms. The van der Waals surface area contributed by atoms with Gasteiger partial charge in [0.15, 0.2) is 0 Å². The number of hydrogen-bond acceptors (Lipinski definition) is 1. The second kappa shape index (κ2) is 7.08. The fourth-order valence-corrected chi connectivity index (χ4v) is 1.97. The molecular weight excluding hydrogens is 270 g/mol. The summed E-state index contributed by atoms with van der Waals surface area (Å²) in [6.07, 6.45) is 4.25. The lowest BCUT2D eigenvalue weighted by Crippen LogP contribution is -2.22. The summed E-state index contributed by atoms with van der Waals surface area (Å²) >= 11 is 0. The van der Waals surface area contributed by atoms with E-state index in [0.717, 1.165) is 11.1 Å². The second-order valence-corrected chi connectivity index (χ2v) is 6.49. The molecule has 0 saturated heterocycles. The number of hydrogen-bond donors (Lipinski definition) is 1. The van der Waals surface area contributed by atoms with Crippen LogP contribution in [0.25, 0.3) is 6.08 Å². The summed E-state index contributed by atoms with van der Waals surface area (Å²) < 4.78 is 0. The summed E-state index contributed by atoms with van der Waals surface area (Å²) in [6, 6.07) is 17.6. The second-order valence-electron chi connectivity index (χ2n) is 6.49. The predicted molar refractivity (Wildman–Crippen MR) is 92.5 cm³/mol. The van der Waals surface area contributed by atoms with Gasteiger partial charge in [0.1, 0.15) is 0 Å². The van der Waals surface area contributed by atoms with E-state index in [1.165, 1.54) is 0 Å². The van der Waals surface area contributed by atoms with Gasteiger partial charge in [0.05, 0.1) is 0 Å². The van der Waals surface area contributed by atoms with Crippen molar-refractivity contribution >= 4 is 12.0 Å². The quantitative estimate of drug-likeness (QED) is 0.871. The first-order valence-electron chi connectivity index (χ1n) is 7.55. The summed E-state index contributed by atoms with van der Waals surface area (Å²) in [5, 5.41) is 2.93. The van der Waals surface area contributed by atoms with Crippen molar-refractivity contribution in [1.29, 1.82) is 0 Å². The highest BCUT2D eigenvalue weighted by Gasteiger charge is 2.06. The van der Waals surface area contributed by atoms with Gasteiger partial charge in [0.25, 0.3) is 5.91 Å². The van der Waals surface area contributed by atoms with Crippen LogP contribution in [0.2, 0.25) is 0 Å². The first-order valence-corrected chi connectivity index (χ1v) is 7.55. The number of benzene rings is 2. The van der Waals surface area contributed by atoms with Crippen LogP contribution in [0.15, 0.2) is 60.7 Å². The lowest BCUT2D eigenvalue weighted by molar-refractivity contribution is 0.0951. The Morgan fingerprint density at radius 1 is 1.00 bits per heavy atom. The third-order valence-corrected chi connectivity index (χ3v) is 3.24. The lowest BCUT2D eigenvalue weighted by atomic mass is 9.95. The maximum atomic E-state index is 12.1. The monoisotopic (exact) mass is 293 g/mol. The molecule has 0 heterocycles. The highest BCUT2D eigenvalue weighted by atomic mass is 16.1. The van der Waals surface area contributed by atoms with Crippen molar-refractivity contribution in [3.05, 3.63) is 77.4 Å². The van der Waals surface area contributed by atoms with Crippen molar-refractivity contribution in [3.63, 3.8) is 0 Å². The van der Waals surface area contributed by atoms with Gasteiger partial charge in [-0.3, -0.25) is 4.79 Å². The van der Waals surface area contributed by atoms with Crippen molar-refractivity contribution in [1.82, 2.24) is 5.32 Å². The Kier molecular flexibility index (Phi) is 5.16. The van der Waals surface area contributed by atoms with E-state index < -0.39 is 0 Å². The Hall–Kier alpha value is -2.35. The Bertz CT molecular complexity index is 634. The number of nitrogens with one attached hydrogen (secondary N) is 1. The van der Waals surface area contributed by atoms with Crippen LogP contribution < -0.4 is 5.32 Å². The number of rotatable bonds is 4. The number of carbonyl (C=O) groups is 1. The maximum Gasteiger partial charge on any atom is 0.251 e. The van der Waals surface area contributed by atoms with Crippen molar-refractivity contribution in [2.45, 2.75) is 27.3 Å². The summed E-state index contributed by atoms with van der Waals surface area (Å²) in [7, 11) is 0. The zero-order chi connectivity index (χ0) is 16.0. The molecule has 2 aromatic rings. The summed E-state index contributed by atoms with van der Waals surface area (Å²) in [5.41, 5.74) is 3.05. The van der Waals surface area contributed by atoms with Crippen molar-refractivity contribution in [2.24, 2.45) is 5.41 Å². The molecule has 2 heteroatoms. The normalized spacial score (nSPS) is 11.6. The van der Waals surface area contributed by atoms with Crippen LogP contribution in [0.3, 0.4) is 0 Å². The van der Waals surface area contributed by atoms with Gasteiger partial charge in [0, 0.05) is 12.1 Å². The van der Waals surface area contributed by atoms with Crippen LogP contribution >= 0.6 is 0 Å². The Labute approximate surface area is 132 Å². The van der Waals surface area contributed by atoms with E-state index >= 15 is 0 Å². The molecule has 2 nitrogen and oxygen atoms in total. The standard InChI is InChI=1S/C20H23NO/c1-20(2,3)14-13-16-9-11-18(12-10-16)19(22)21-15-17-7-5-4-6-8-17/h4-14H,15H2,1-3H3,(H,21,22)/b14-13+. The fraction of sp³-hybridized carbons (Fsp3) is 0.250. The molecule has 0 aliphatic heterocycles. The van der Waals surface area contributed by atoms with E-state index in [-0.39, 0.29) is 11.3 Å². The molecular formula is C20H23NO. The van der Waals surface area contributed by atoms with Gasteiger partial charge in [0.2, 0.25) is 0 Å². The highest BCUT2D eigenvalue weighted by molar-refractivity contribution is 5.94. The zero-order valence-electron chi connectivity index (χ0n) is 13.5. The summed E-state index contributed by atoms with van der Waals surface area (Å²) in [5.74, 6) is -0.0461. The molecule has 2 rings (SSSR count). The molecule has 0 fully saturated rings. The summed E-state index contributed by atoms with van der Waals surface area (Å²) in [6.45, 7) is 7.03. The average Bonchev–Trinajstić information content (AvgIpc) is 2.51. The van der Waals surface area contributed by atoms with Crippen LogP contribution in [0, 0.1) is 5.41 Å². The van der Waals surface area contributed by atoms with Gasteiger partial charge in [-0.1, -0.05) is 75.4 Å². The van der Waals surface area contributed by atoms with Gasteiger partial charge in [-0.2, -0.15) is 0 Å². The molecule has 0 spiro atoms. The summed E-state index contributed by atoms with van der Waals surface area (Å²) in [4.78, 5) is 12.1. The predicted octanol–water partition coefficient (Wildman–Crippen LogP) is 4.68.